The predicted molar refractivity (Wildman–Crippen MR) is 77.1 cm³/mol. The van der Waals surface area contributed by atoms with Gasteiger partial charge in [-0.15, -0.1) is 0 Å². The van der Waals surface area contributed by atoms with E-state index in [1.54, 1.807) is 6.07 Å². The SMILES string of the molecule is CCNc1ccc([N+](=O)[O-])c(N(CCO)C2CCC2)n1. The number of aliphatic hydroxyl groups excluding tert-OH is 1. The molecule has 2 rings (SSSR count). The highest BCUT2D eigenvalue weighted by Gasteiger charge is 2.30. The zero-order valence-corrected chi connectivity index (χ0v) is 11.6. The molecule has 1 heterocycles. The first-order valence-corrected chi connectivity index (χ1v) is 6.94. The second kappa shape index (κ2) is 6.51. The van der Waals surface area contributed by atoms with Gasteiger partial charge < -0.3 is 15.3 Å². The lowest BCUT2D eigenvalue weighted by molar-refractivity contribution is -0.384. The normalized spacial score (nSPS) is 14.7. The summed E-state index contributed by atoms with van der Waals surface area (Å²) in [5.74, 6) is 0.975. The number of nitrogens with zero attached hydrogens (tertiary/aromatic N) is 3. The molecule has 0 bridgehead atoms. The van der Waals surface area contributed by atoms with Crippen LogP contribution in [0.5, 0.6) is 0 Å². The van der Waals surface area contributed by atoms with Gasteiger partial charge in [0.05, 0.1) is 11.5 Å². The van der Waals surface area contributed by atoms with Crippen LogP contribution in [0.25, 0.3) is 0 Å². The zero-order chi connectivity index (χ0) is 14.5. The first-order valence-electron chi connectivity index (χ1n) is 6.94. The van der Waals surface area contributed by atoms with Crippen molar-refractivity contribution in [2.75, 3.05) is 29.9 Å². The maximum absolute atomic E-state index is 11.2. The minimum atomic E-state index is -0.416. The molecule has 1 aliphatic carbocycles. The predicted octanol–water partition coefficient (Wildman–Crippen LogP) is 1.77. The highest BCUT2D eigenvalue weighted by Crippen LogP contribution is 2.34. The summed E-state index contributed by atoms with van der Waals surface area (Å²) in [5.41, 5.74) is -0.00740. The molecule has 1 aromatic rings. The highest BCUT2D eigenvalue weighted by atomic mass is 16.6. The van der Waals surface area contributed by atoms with E-state index in [1.807, 2.05) is 11.8 Å². The van der Waals surface area contributed by atoms with Crippen molar-refractivity contribution < 1.29 is 10.0 Å². The van der Waals surface area contributed by atoms with Gasteiger partial charge in [-0.1, -0.05) is 0 Å². The van der Waals surface area contributed by atoms with Crippen molar-refractivity contribution in [1.29, 1.82) is 0 Å². The lowest BCUT2D eigenvalue weighted by atomic mass is 9.91. The third kappa shape index (κ3) is 2.98. The molecule has 7 nitrogen and oxygen atoms in total. The number of rotatable bonds is 7. The minimum absolute atomic E-state index is 0.00740. The second-order valence-corrected chi connectivity index (χ2v) is 4.83. The van der Waals surface area contributed by atoms with Gasteiger partial charge in [0.25, 0.3) is 0 Å². The number of pyridine rings is 1. The number of aromatic nitrogens is 1. The Balaban J connectivity index is 2.37. The summed E-state index contributed by atoms with van der Waals surface area (Å²) in [6.45, 7) is 2.97. The Kier molecular flexibility index (Phi) is 4.73. The first-order chi connectivity index (χ1) is 9.67. The van der Waals surface area contributed by atoms with Crippen molar-refractivity contribution in [1.82, 2.24) is 4.98 Å². The molecule has 1 saturated carbocycles. The van der Waals surface area contributed by atoms with Crippen LogP contribution in [0, 0.1) is 10.1 Å². The van der Waals surface area contributed by atoms with Crippen molar-refractivity contribution in [2.45, 2.75) is 32.2 Å². The lowest BCUT2D eigenvalue weighted by Crippen LogP contribution is -2.42. The monoisotopic (exact) mass is 280 g/mol. The number of hydrogen-bond acceptors (Lipinski definition) is 6. The summed E-state index contributed by atoms with van der Waals surface area (Å²) in [5, 5.41) is 23.5. The van der Waals surface area contributed by atoms with E-state index in [4.69, 9.17) is 0 Å². The van der Waals surface area contributed by atoms with E-state index in [2.05, 4.69) is 10.3 Å². The summed E-state index contributed by atoms with van der Waals surface area (Å²) in [4.78, 5) is 17.0. The van der Waals surface area contributed by atoms with Crippen LogP contribution < -0.4 is 10.2 Å². The molecule has 0 aromatic carbocycles. The number of hydrogen-bond donors (Lipinski definition) is 2. The van der Waals surface area contributed by atoms with Crippen LogP contribution >= 0.6 is 0 Å². The summed E-state index contributed by atoms with van der Waals surface area (Å²) < 4.78 is 0. The smallest absolute Gasteiger partial charge is 0.311 e. The third-order valence-corrected chi connectivity index (χ3v) is 3.54. The average molecular weight is 280 g/mol. The van der Waals surface area contributed by atoms with Crippen molar-refractivity contribution in [3.63, 3.8) is 0 Å². The van der Waals surface area contributed by atoms with E-state index in [0.29, 0.717) is 24.7 Å². The Morgan fingerprint density at radius 2 is 2.30 bits per heavy atom. The third-order valence-electron chi connectivity index (χ3n) is 3.54. The fraction of sp³-hybridized carbons (Fsp3) is 0.615. The fourth-order valence-corrected chi connectivity index (χ4v) is 2.34. The first kappa shape index (κ1) is 14.5. The molecule has 20 heavy (non-hydrogen) atoms. The van der Waals surface area contributed by atoms with E-state index in [9.17, 15) is 15.2 Å². The zero-order valence-electron chi connectivity index (χ0n) is 11.6. The summed E-state index contributed by atoms with van der Waals surface area (Å²) >= 11 is 0. The fourth-order valence-electron chi connectivity index (χ4n) is 2.34. The topological polar surface area (TPSA) is 91.5 Å². The van der Waals surface area contributed by atoms with Crippen molar-refractivity contribution in [3.8, 4) is 0 Å². The maximum atomic E-state index is 11.2. The molecule has 0 spiro atoms. The van der Waals surface area contributed by atoms with Gasteiger partial charge >= 0.3 is 5.69 Å². The Morgan fingerprint density at radius 3 is 2.80 bits per heavy atom. The van der Waals surface area contributed by atoms with Gasteiger partial charge in [-0.2, -0.15) is 0 Å². The minimum Gasteiger partial charge on any atom is -0.395 e. The number of nitro groups is 1. The summed E-state index contributed by atoms with van der Waals surface area (Å²) in [7, 11) is 0. The number of anilines is 2. The average Bonchev–Trinajstić information content (AvgIpc) is 2.36. The molecular formula is C13H20N4O3. The van der Waals surface area contributed by atoms with Crippen LogP contribution in [0.4, 0.5) is 17.3 Å². The van der Waals surface area contributed by atoms with E-state index in [1.165, 1.54) is 6.07 Å². The molecular weight excluding hydrogens is 260 g/mol. The maximum Gasteiger partial charge on any atom is 0.311 e. The van der Waals surface area contributed by atoms with Crippen LogP contribution in [0.15, 0.2) is 12.1 Å². The van der Waals surface area contributed by atoms with Gasteiger partial charge in [-0.3, -0.25) is 10.1 Å². The molecule has 110 valence electrons. The number of aliphatic hydroxyl groups is 1. The molecule has 0 aliphatic heterocycles. The van der Waals surface area contributed by atoms with Gasteiger partial charge in [0.15, 0.2) is 0 Å². The Hall–Kier alpha value is -1.89. The molecule has 0 amide bonds. The van der Waals surface area contributed by atoms with Gasteiger partial charge in [0.2, 0.25) is 5.82 Å². The molecule has 0 radical (unpaired) electrons. The second-order valence-electron chi connectivity index (χ2n) is 4.83. The van der Waals surface area contributed by atoms with Crippen molar-refractivity contribution in [3.05, 3.63) is 22.2 Å². The molecule has 7 heteroatoms. The molecule has 1 aromatic heterocycles. The van der Waals surface area contributed by atoms with E-state index < -0.39 is 4.92 Å². The van der Waals surface area contributed by atoms with E-state index >= 15 is 0 Å². The largest absolute Gasteiger partial charge is 0.395 e. The van der Waals surface area contributed by atoms with Crippen LogP contribution in [0.2, 0.25) is 0 Å². The standard InChI is InChI=1S/C13H20N4O3/c1-2-14-12-7-6-11(17(19)20)13(15-12)16(8-9-18)10-4-3-5-10/h6-7,10,18H,2-5,8-9H2,1H3,(H,14,15). The summed E-state index contributed by atoms with van der Waals surface area (Å²) in [6.07, 6.45) is 3.10. The van der Waals surface area contributed by atoms with Crippen molar-refractivity contribution >= 4 is 17.3 Å². The molecule has 1 aliphatic rings. The lowest BCUT2D eigenvalue weighted by Gasteiger charge is -2.37. The quantitative estimate of drug-likeness (QED) is 0.584. The van der Waals surface area contributed by atoms with Gasteiger partial charge in [0, 0.05) is 25.2 Å². The van der Waals surface area contributed by atoms with Crippen LogP contribution in [0.3, 0.4) is 0 Å². The molecule has 0 unspecified atom stereocenters. The van der Waals surface area contributed by atoms with Crippen LogP contribution in [0.1, 0.15) is 26.2 Å². The molecule has 0 atom stereocenters. The van der Waals surface area contributed by atoms with Crippen molar-refractivity contribution in [2.24, 2.45) is 0 Å². The Labute approximate surface area is 117 Å². The molecule has 0 saturated heterocycles. The summed E-state index contributed by atoms with van der Waals surface area (Å²) in [6, 6.07) is 3.33. The van der Waals surface area contributed by atoms with Gasteiger partial charge in [0.1, 0.15) is 5.82 Å². The Bertz CT molecular complexity index is 477. The molecule has 2 N–H and O–H groups in total. The van der Waals surface area contributed by atoms with Crippen LogP contribution in [-0.2, 0) is 0 Å². The molecule has 1 fully saturated rings. The van der Waals surface area contributed by atoms with Crippen LogP contribution in [-0.4, -0.2) is 40.8 Å². The van der Waals surface area contributed by atoms with Gasteiger partial charge in [-0.05, 0) is 32.3 Å². The Morgan fingerprint density at radius 1 is 1.55 bits per heavy atom. The van der Waals surface area contributed by atoms with E-state index in [-0.39, 0.29) is 18.3 Å². The van der Waals surface area contributed by atoms with Gasteiger partial charge in [-0.25, -0.2) is 4.98 Å². The highest BCUT2D eigenvalue weighted by molar-refractivity contribution is 5.62. The van der Waals surface area contributed by atoms with E-state index in [0.717, 1.165) is 19.3 Å². The number of nitrogens with one attached hydrogen (secondary N) is 1.